The Kier molecular flexibility index (Phi) is 3.10. The SMILES string of the molecule is Cc1cnc(C(=O)NC2CC2c2ccccc2)c(N)n1. The van der Waals surface area contributed by atoms with Crippen molar-refractivity contribution in [3.63, 3.8) is 0 Å². The summed E-state index contributed by atoms with van der Waals surface area (Å²) in [6.45, 7) is 1.79. The second-order valence-electron chi connectivity index (χ2n) is 5.08. The molecular formula is C15H16N4O. The highest BCUT2D eigenvalue weighted by molar-refractivity contribution is 5.96. The van der Waals surface area contributed by atoms with Crippen LogP contribution in [0.15, 0.2) is 36.5 Å². The molecule has 1 aromatic heterocycles. The van der Waals surface area contributed by atoms with E-state index in [1.807, 2.05) is 18.2 Å². The number of hydrogen-bond acceptors (Lipinski definition) is 4. The fourth-order valence-electron chi connectivity index (χ4n) is 2.33. The number of nitrogens with zero attached hydrogens (tertiary/aromatic N) is 2. The second-order valence-corrected chi connectivity index (χ2v) is 5.08. The van der Waals surface area contributed by atoms with E-state index in [1.54, 1.807) is 13.1 Å². The highest BCUT2D eigenvalue weighted by atomic mass is 16.2. The number of aryl methyl sites for hydroxylation is 1. The first kappa shape index (κ1) is 12.6. The second kappa shape index (κ2) is 4.92. The molecule has 1 aliphatic carbocycles. The summed E-state index contributed by atoms with van der Waals surface area (Å²) in [7, 11) is 0. The van der Waals surface area contributed by atoms with E-state index in [0.717, 1.165) is 6.42 Å². The molecule has 0 radical (unpaired) electrons. The molecule has 0 spiro atoms. The molecule has 0 aliphatic heterocycles. The Morgan fingerprint density at radius 2 is 2.10 bits per heavy atom. The van der Waals surface area contributed by atoms with Gasteiger partial charge in [-0.25, -0.2) is 9.97 Å². The van der Waals surface area contributed by atoms with Crippen LogP contribution in [0.25, 0.3) is 0 Å². The molecule has 5 nitrogen and oxygen atoms in total. The summed E-state index contributed by atoms with van der Waals surface area (Å²) in [5.41, 5.74) is 7.89. The molecule has 2 aromatic rings. The van der Waals surface area contributed by atoms with Crippen molar-refractivity contribution in [2.75, 3.05) is 5.73 Å². The summed E-state index contributed by atoms with van der Waals surface area (Å²) < 4.78 is 0. The highest BCUT2D eigenvalue weighted by Gasteiger charge is 2.39. The highest BCUT2D eigenvalue weighted by Crippen LogP contribution is 2.40. The largest absolute Gasteiger partial charge is 0.382 e. The molecule has 2 atom stereocenters. The van der Waals surface area contributed by atoms with Crippen molar-refractivity contribution in [2.45, 2.75) is 25.3 Å². The Labute approximate surface area is 117 Å². The van der Waals surface area contributed by atoms with Gasteiger partial charge in [0.2, 0.25) is 0 Å². The first-order valence-corrected chi connectivity index (χ1v) is 6.60. The number of hydrogen-bond donors (Lipinski definition) is 2. The molecular weight excluding hydrogens is 252 g/mol. The normalized spacial score (nSPS) is 20.4. The Hall–Kier alpha value is -2.43. The minimum Gasteiger partial charge on any atom is -0.382 e. The molecule has 1 fully saturated rings. The van der Waals surface area contributed by atoms with Gasteiger partial charge in [-0.1, -0.05) is 30.3 Å². The predicted octanol–water partition coefficient (Wildman–Crippen LogP) is 1.65. The van der Waals surface area contributed by atoms with Gasteiger partial charge >= 0.3 is 0 Å². The van der Waals surface area contributed by atoms with E-state index in [1.165, 1.54) is 5.56 Å². The monoisotopic (exact) mass is 268 g/mol. The number of benzene rings is 1. The minimum absolute atomic E-state index is 0.160. The topological polar surface area (TPSA) is 80.9 Å². The number of nitrogens with two attached hydrogens (primary N) is 1. The number of nitrogens with one attached hydrogen (secondary N) is 1. The van der Waals surface area contributed by atoms with Gasteiger partial charge in [-0.15, -0.1) is 0 Å². The van der Waals surface area contributed by atoms with Crippen molar-refractivity contribution in [1.29, 1.82) is 0 Å². The molecule has 3 N–H and O–H groups in total. The number of carbonyl (C=O) groups is 1. The maximum Gasteiger partial charge on any atom is 0.273 e. The zero-order valence-electron chi connectivity index (χ0n) is 11.2. The lowest BCUT2D eigenvalue weighted by Gasteiger charge is -2.06. The van der Waals surface area contributed by atoms with Crippen LogP contribution in [0.5, 0.6) is 0 Å². The minimum atomic E-state index is -0.251. The third-order valence-corrected chi connectivity index (χ3v) is 3.47. The van der Waals surface area contributed by atoms with Gasteiger partial charge in [-0.3, -0.25) is 4.79 Å². The molecule has 1 aromatic carbocycles. The zero-order chi connectivity index (χ0) is 14.1. The first-order chi connectivity index (χ1) is 9.65. The molecule has 5 heteroatoms. The molecule has 3 rings (SSSR count). The van der Waals surface area contributed by atoms with E-state index in [9.17, 15) is 4.79 Å². The van der Waals surface area contributed by atoms with Gasteiger partial charge in [-0.05, 0) is 18.9 Å². The van der Waals surface area contributed by atoms with E-state index in [0.29, 0.717) is 11.6 Å². The van der Waals surface area contributed by atoms with Gasteiger partial charge < -0.3 is 11.1 Å². The smallest absolute Gasteiger partial charge is 0.273 e. The van der Waals surface area contributed by atoms with Gasteiger partial charge in [0.25, 0.3) is 5.91 Å². The number of rotatable bonds is 3. The van der Waals surface area contributed by atoms with Crippen LogP contribution in [0, 0.1) is 6.92 Å². The summed E-state index contributed by atoms with van der Waals surface area (Å²) in [4.78, 5) is 20.2. The van der Waals surface area contributed by atoms with Crippen LogP contribution in [0.4, 0.5) is 5.82 Å². The zero-order valence-corrected chi connectivity index (χ0v) is 11.2. The van der Waals surface area contributed by atoms with Crippen molar-refractivity contribution in [3.05, 3.63) is 53.5 Å². The lowest BCUT2D eigenvalue weighted by Crippen LogP contribution is -2.28. The maximum absolute atomic E-state index is 12.1. The summed E-state index contributed by atoms with van der Waals surface area (Å²) in [6, 6.07) is 10.3. The Bertz CT molecular complexity index is 642. The van der Waals surface area contributed by atoms with Crippen LogP contribution in [0.1, 0.15) is 34.1 Å². The average Bonchev–Trinajstić information content (AvgIpc) is 3.18. The Morgan fingerprint density at radius 1 is 1.35 bits per heavy atom. The van der Waals surface area contributed by atoms with Gasteiger partial charge in [0, 0.05) is 18.2 Å². The van der Waals surface area contributed by atoms with Crippen molar-refractivity contribution < 1.29 is 4.79 Å². The van der Waals surface area contributed by atoms with E-state index in [2.05, 4.69) is 27.4 Å². The predicted molar refractivity (Wildman–Crippen MR) is 76.2 cm³/mol. The molecule has 102 valence electrons. The van der Waals surface area contributed by atoms with Crippen molar-refractivity contribution >= 4 is 11.7 Å². The standard InChI is InChI=1S/C15H16N4O/c1-9-8-17-13(14(16)18-9)15(20)19-12-7-11(12)10-5-3-2-4-6-10/h2-6,8,11-12H,7H2,1H3,(H2,16,18)(H,19,20). The third kappa shape index (κ3) is 2.47. The number of nitrogen functional groups attached to an aromatic ring is 1. The van der Waals surface area contributed by atoms with Crippen molar-refractivity contribution in [1.82, 2.24) is 15.3 Å². The summed E-state index contributed by atoms with van der Waals surface area (Å²) in [6.07, 6.45) is 2.50. The fourth-order valence-corrected chi connectivity index (χ4v) is 2.33. The van der Waals surface area contributed by atoms with Gasteiger partial charge in [0.1, 0.15) is 0 Å². The molecule has 1 heterocycles. The summed E-state index contributed by atoms with van der Waals surface area (Å²) >= 11 is 0. The van der Waals surface area contributed by atoms with Crippen LogP contribution in [-0.4, -0.2) is 21.9 Å². The quantitative estimate of drug-likeness (QED) is 0.887. The van der Waals surface area contributed by atoms with Crippen LogP contribution in [-0.2, 0) is 0 Å². The van der Waals surface area contributed by atoms with Crippen LogP contribution in [0.2, 0.25) is 0 Å². The first-order valence-electron chi connectivity index (χ1n) is 6.60. The van der Waals surface area contributed by atoms with E-state index < -0.39 is 0 Å². The summed E-state index contributed by atoms with van der Waals surface area (Å²) in [5.74, 6) is 0.317. The molecule has 0 bridgehead atoms. The Balaban J connectivity index is 1.66. The third-order valence-electron chi connectivity index (χ3n) is 3.47. The number of aromatic nitrogens is 2. The summed E-state index contributed by atoms with van der Waals surface area (Å²) in [5, 5.41) is 2.96. The molecule has 1 amide bonds. The molecule has 2 unspecified atom stereocenters. The molecule has 1 aliphatic rings. The van der Waals surface area contributed by atoms with E-state index in [4.69, 9.17) is 5.73 Å². The van der Waals surface area contributed by atoms with Crippen LogP contribution in [0.3, 0.4) is 0 Å². The van der Waals surface area contributed by atoms with Gasteiger partial charge in [0.05, 0.1) is 5.69 Å². The van der Waals surface area contributed by atoms with Crippen molar-refractivity contribution in [2.24, 2.45) is 0 Å². The average molecular weight is 268 g/mol. The lowest BCUT2D eigenvalue weighted by molar-refractivity contribution is 0.0946. The van der Waals surface area contributed by atoms with E-state index in [-0.39, 0.29) is 23.5 Å². The van der Waals surface area contributed by atoms with E-state index >= 15 is 0 Å². The Morgan fingerprint density at radius 3 is 2.80 bits per heavy atom. The number of amides is 1. The van der Waals surface area contributed by atoms with Crippen LogP contribution >= 0.6 is 0 Å². The van der Waals surface area contributed by atoms with Gasteiger partial charge in [-0.2, -0.15) is 0 Å². The molecule has 0 saturated heterocycles. The fraction of sp³-hybridized carbons (Fsp3) is 0.267. The number of anilines is 1. The maximum atomic E-state index is 12.1. The lowest BCUT2D eigenvalue weighted by atomic mass is 10.1. The molecule has 20 heavy (non-hydrogen) atoms. The van der Waals surface area contributed by atoms with Crippen molar-refractivity contribution in [3.8, 4) is 0 Å². The molecule has 1 saturated carbocycles. The van der Waals surface area contributed by atoms with Gasteiger partial charge in [0.15, 0.2) is 11.5 Å². The van der Waals surface area contributed by atoms with Crippen LogP contribution < -0.4 is 11.1 Å². The number of carbonyl (C=O) groups excluding carboxylic acids is 1.